The standard InChI is InChI=1S/C20H34N4O2/c1-19(2,3)15-8-10-16(11-9-15)26-13-12-22-18(21-7)23-14-17(25)24-20(4,5)6/h8-11H,12-14H2,1-7H3,(H,24,25)(H2,21,22,23). The first-order valence-corrected chi connectivity index (χ1v) is 9.00. The molecule has 6 heteroatoms. The third kappa shape index (κ3) is 8.74. The third-order valence-corrected chi connectivity index (χ3v) is 3.54. The second kappa shape index (κ2) is 9.46. The molecule has 3 N–H and O–H groups in total. The molecule has 0 aliphatic heterocycles. The molecule has 0 unspecified atom stereocenters. The first kappa shape index (κ1) is 21.8. The van der Waals surface area contributed by atoms with Crippen molar-refractivity contribution in [1.29, 1.82) is 0 Å². The number of hydrogen-bond acceptors (Lipinski definition) is 3. The zero-order chi connectivity index (χ0) is 19.8. The van der Waals surface area contributed by atoms with Crippen LogP contribution in [-0.4, -0.2) is 44.1 Å². The molecule has 0 aromatic heterocycles. The van der Waals surface area contributed by atoms with Gasteiger partial charge >= 0.3 is 0 Å². The fourth-order valence-corrected chi connectivity index (χ4v) is 2.24. The number of amides is 1. The molecule has 0 heterocycles. The fourth-order valence-electron chi connectivity index (χ4n) is 2.24. The van der Waals surface area contributed by atoms with Crippen LogP contribution in [0.5, 0.6) is 5.75 Å². The molecule has 0 fully saturated rings. The molecule has 0 saturated carbocycles. The van der Waals surface area contributed by atoms with Gasteiger partial charge in [0.05, 0.1) is 13.1 Å². The molecular weight excluding hydrogens is 328 g/mol. The maximum atomic E-state index is 11.8. The Morgan fingerprint density at radius 2 is 1.65 bits per heavy atom. The molecule has 0 aliphatic rings. The Balaban J connectivity index is 2.32. The smallest absolute Gasteiger partial charge is 0.239 e. The Morgan fingerprint density at radius 3 is 2.15 bits per heavy atom. The van der Waals surface area contributed by atoms with E-state index in [1.54, 1.807) is 7.05 Å². The van der Waals surface area contributed by atoms with E-state index in [9.17, 15) is 4.79 Å². The maximum Gasteiger partial charge on any atom is 0.239 e. The highest BCUT2D eigenvalue weighted by Crippen LogP contribution is 2.24. The van der Waals surface area contributed by atoms with Crippen molar-refractivity contribution in [2.24, 2.45) is 4.99 Å². The van der Waals surface area contributed by atoms with Gasteiger partial charge in [-0.1, -0.05) is 32.9 Å². The van der Waals surface area contributed by atoms with Crippen LogP contribution < -0.4 is 20.7 Å². The van der Waals surface area contributed by atoms with Gasteiger partial charge in [0.2, 0.25) is 5.91 Å². The molecule has 146 valence electrons. The zero-order valence-corrected chi connectivity index (χ0v) is 17.2. The van der Waals surface area contributed by atoms with E-state index in [2.05, 4.69) is 53.8 Å². The average molecular weight is 363 g/mol. The number of nitrogens with zero attached hydrogens (tertiary/aromatic N) is 1. The molecule has 0 bridgehead atoms. The highest BCUT2D eigenvalue weighted by atomic mass is 16.5. The number of nitrogens with one attached hydrogen (secondary N) is 3. The average Bonchev–Trinajstić information content (AvgIpc) is 2.52. The van der Waals surface area contributed by atoms with Crippen molar-refractivity contribution in [2.45, 2.75) is 52.5 Å². The zero-order valence-electron chi connectivity index (χ0n) is 17.2. The minimum absolute atomic E-state index is 0.0735. The van der Waals surface area contributed by atoms with E-state index in [1.807, 2.05) is 32.9 Å². The molecule has 1 aromatic rings. The largest absolute Gasteiger partial charge is 0.492 e. The van der Waals surface area contributed by atoms with Crippen molar-refractivity contribution in [1.82, 2.24) is 16.0 Å². The van der Waals surface area contributed by atoms with Crippen molar-refractivity contribution >= 4 is 11.9 Å². The maximum absolute atomic E-state index is 11.8. The summed E-state index contributed by atoms with van der Waals surface area (Å²) < 4.78 is 5.74. The topological polar surface area (TPSA) is 74.8 Å². The van der Waals surface area contributed by atoms with Gasteiger partial charge in [0.1, 0.15) is 12.4 Å². The molecule has 26 heavy (non-hydrogen) atoms. The van der Waals surface area contributed by atoms with Crippen LogP contribution in [0.2, 0.25) is 0 Å². The van der Waals surface area contributed by atoms with Gasteiger partial charge in [-0.2, -0.15) is 0 Å². The van der Waals surface area contributed by atoms with E-state index in [1.165, 1.54) is 5.56 Å². The first-order valence-electron chi connectivity index (χ1n) is 9.00. The molecule has 6 nitrogen and oxygen atoms in total. The summed E-state index contributed by atoms with van der Waals surface area (Å²) >= 11 is 0. The van der Waals surface area contributed by atoms with Crippen LogP contribution in [0.1, 0.15) is 47.1 Å². The first-order chi connectivity index (χ1) is 12.0. The Bertz CT molecular complexity index is 596. The van der Waals surface area contributed by atoms with Crippen LogP contribution >= 0.6 is 0 Å². The predicted molar refractivity (Wildman–Crippen MR) is 108 cm³/mol. The summed E-state index contributed by atoms with van der Waals surface area (Å²) in [6.45, 7) is 13.7. The lowest BCUT2D eigenvalue weighted by atomic mass is 9.87. The van der Waals surface area contributed by atoms with Crippen molar-refractivity contribution in [3.05, 3.63) is 29.8 Å². The molecule has 1 amide bonds. The summed E-state index contributed by atoms with van der Waals surface area (Å²) in [5, 5.41) is 9.01. The number of hydrogen-bond donors (Lipinski definition) is 3. The van der Waals surface area contributed by atoms with E-state index in [0.29, 0.717) is 19.1 Å². The molecule has 1 aromatic carbocycles. The van der Waals surface area contributed by atoms with Gasteiger partial charge in [-0.05, 0) is 43.9 Å². The fraction of sp³-hybridized carbons (Fsp3) is 0.600. The Labute approximate surface area is 157 Å². The van der Waals surface area contributed by atoms with E-state index in [4.69, 9.17) is 4.74 Å². The summed E-state index contributed by atoms with van der Waals surface area (Å²) in [5.41, 5.74) is 1.17. The quantitative estimate of drug-likeness (QED) is 0.413. The van der Waals surface area contributed by atoms with E-state index >= 15 is 0 Å². The van der Waals surface area contributed by atoms with Gasteiger partial charge in [-0.3, -0.25) is 9.79 Å². The molecule has 0 spiro atoms. The number of rotatable bonds is 6. The molecule has 0 radical (unpaired) electrons. The van der Waals surface area contributed by atoms with Gasteiger partial charge in [-0.15, -0.1) is 0 Å². The van der Waals surface area contributed by atoms with Crippen LogP contribution in [0, 0.1) is 0 Å². The van der Waals surface area contributed by atoms with Crippen LogP contribution in [-0.2, 0) is 10.2 Å². The molecule has 1 rings (SSSR count). The van der Waals surface area contributed by atoms with E-state index in [0.717, 1.165) is 5.75 Å². The minimum Gasteiger partial charge on any atom is -0.492 e. The lowest BCUT2D eigenvalue weighted by Crippen LogP contribution is -2.48. The molecule has 0 saturated heterocycles. The predicted octanol–water partition coefficient (Wildman–Crippen LogP) is 2.44. The number of ether oxygens (including phenoxy) is 1. The van der Waals surface area contributed by atoms with Crippen LogP contribution in [0.3, 0.4) is 0 Å². The van der Waals surface area contributed by atoms with E-state index < -0.39 is 0 Å². The summed E-state index contributed by atoms with van der Waals surface area (Å²) in [7, 11) is 1.67. The van der Waals surface area contributed by atoms with Crippen molar-refractivity contribution in [3.8, 4) is 5.75 Å². The number of aliphatic imine (C=N–C) groups is 1. The monoisotopic (exact) mass is 362 g/mol. The molecular formula is C20H34N4O2. The Kier molecular flexibility index (Phi) is 7.93. The highest BCUT2D eigenvalue weighted by Gasteiger charge is 2.14. The molecule has 0 aliphatic carbocycles. The van der Waals surface area contributed by atoms with Crippen LogP contribution in [0.15, 0.2) is 29.3 Å². The van der Waals surface area contributed by atoms with E-state index in [-0.39, 0.29) is 23.4 Å². The lowest BCUT2D eigenvalue weighted by molar-refractivity contribution is -0.121. The van der Waals surface area contributed by atoms with Crippen molar-refractivity contribution < 1.29 is 9.53 Å². The lowest BCUT2D eigenvalue weighted by Gasteiger charge is -2.21. The van der Waals surface area contributed by atoms with Crippen LogP contribution in [0.4, 0.5) is 0 Å². The Hall–Kier alpha value is -2.24. The van der Waals surface area contributed by atoms with Crippen molar-refractivity contribution in [3.63, 3.8) is 0 Å². The molecule has 0 atom stereocenters. The normalized spacial score (nSPS) is 12.5. The third-order valence-electron chi connectivity index (χ3n) is 3.54. The van der Waals surface area contributed by atoms with Gasteiger partial charge < -0.3 is 20.7 Å². The minimum atomic E-state index is -0.244. The number of guanidine groups is 1. The highest BCUT2D eigenvalue weighted by molar-refractivity contribution is 5.86. The number of carbonyl (C=O) groups is 1. The van der Waals surface area contributed by atoms with Gasteiger partial charge in [0, 0.05) is 12.6 Å². The number of carbonyl (C=O) groups excluding carboxylic acids is 1. The summed E-state index contributed by atoms with van der Waals surface area (Å²) in [6, 6.07) is 8.17. The summed E-state index contributed by atoms with van der Waals surface area (Å²) in [4.78, 5) is 15.9. The van der Waals surface area contributed by atoms with Gasteiger partial charge in [0.25, 0.3) is 0 Å². The van der Waals surface area contributed by atoms with Gasteiger partial charge in [0.15, 0.2) is 5.96 Å². The van der Waals surface area contributed by atoms with Gasteiger partial charge in [-0.25, -0.2) is 0 Å². The van der Waals surface area contributed by atoms with Crippen molar-refractivity contribution in [2.75, 3.05) is 26.7 Å². The SMILES string of the molecule is CN=C(NCCOc1ccc(C(C)(C)C)cc1)NCC(=O)NC(C)(C)C. The summed E-state index contributed by atoms with van der Waals surface area (Å²) in [6.07, 6.45) is 0. The Morgan fingerprint density at radius 1 is 1.04 bits per heavy atom. The number of benzene rings is 1. The summed E-state index contributed by atoms with van der Waals surface area (Å²) in [5.74, 6) is 1.34. The second-order valence-electron chi connectivity index (χ2n) is 8.27. The van der Waals surface area contributed by atoms with Crippen LogP contribution in [0.25, 0.3) is 0 Å². The second-order valence-corrected chi connectivity index (χ2v) is 8.27.